The maximum absolute atomic E-state index is 12.1. The van der Waals surface area contributed by atoms with Gasteiger partial charge in [0.2, 0.25) is 0 Å². The molecule has 1 aromatic rings. The summed E-state index contributed by atoms with van der Waals surface area (Å²) in [5.74, 6) is 3.16. The van der Waals surface area contributed by atoms with Crippen LogP contribution in [0.2, 0.25) is 0 Å². The van der Waals surface area contributed by atoms with Gasteiger partial charge in [-0.1, -0.05) is 18.9 Å². The first-order valence-electron chi connectivity index (χ1n) is 9.54. The smallest absolute Gasteiger partial charge is 0.161 e. The molecule has 2 aliphatic rings. The standard InChI is InChI=1S/C20H30O4S/c1-15(2)25(21,22)14-18-7-4-16(5-8-18)3-6-17-9-10-19-20(13-17)24-12-11-23-19/h9-10,13,15-16,18H,3-8,11-12,14H2,1-2H3. The average molecular weight is 367 g/mol. The summed E-state index contributed by atoms with van der Waals surface area (Å²) >= 11 is 0. The number of rotatable bonds is 6. The topological polar surface area (TPSA) is 52.6 Å². The summed E-state index contributed by atoms with van der Waals surface area (Å²) in [6.07, 6.45) is 6.64. The lowest BCUT2D eigenvalue weighted by atomic mass is 9.80. The fourth-order valence-electron chi connectivity index (χ4n) is 3.82. The molecule has 0 bridgehead atoms. The molecule has 1 saturated carbocycles. The van der Waals surface area contributed by atoms with Crippen LogP contribution in [-0.4, -0.2) is 32.6 Å². The van der Waals surface area contributed by atoms with Gasteiger partial charge in [0, 0.05) is 0 Å². The first kappa shape index (κ1) is 18.6. The number of sulfone groups is 1. The highest BCUT2D eigenvalue weighted by atomic mass is 32.2. The summed E-state index contributed by atoms with van der Waals surface area (Å²) in [5.41, 5.74) is 1.30. The molecule has 0 spiro atoms. The van der Waals surface area contributed by atoms with E-state index in [1.165, 1.54) is 12.0 Å². The zero-order valence-electron chi connectivity index (χ0n) is 15.4. The number of hydrogen-bond donors (Lipinski definition) is 0. The van der Waals surface area contributed by atoms with E-state index in [2.05, 4.69) is 12.1 Å². The van der Waals surface area contributed by atoms with Crippen LogP contribution in [0.3, 0.4) is 0 Å². The molecule has 140 valence electrons. The molecule has 25 heavy (non-hydrogen) atoms. The third-order valence-corrected chi connectivity index (χ3v) is 7.97. The van der Waals surface area contributed by atoms with E-state index in [4.69, 9.17) is 9.47 Å². The van der Waals surface area contributed by atoms with Gasteiger partial charge in [-0.15, -0.1) is 0 Å². The van der Waals surface area contributed by atoms with Crippen LogP contribution in [0.15, 0.2) is 18.2 Å². The predicted octanol–water partition coefficient (Wildman–Crippen LogP) is 4.02. The lowest BCUT2D eigenvalue weighted by Crippen LogP contribution is -2.26. The van der Waals surface area contributed by atoms with Gasteiger partial charge < -0.3 is 9.47 Å². The van der Waals surface area contributed by atoms with Crippen LogP contribution in [-0.2, 0) is 16.3 Å². The van der Waals surface area contributed by atoms with Crippen LogP contribution in [0.25, 0.3) is 0 Å². The number of ether oxygens (including phenoxy) is 2. The van der Waals surface area contributed by atoms with Crippen molar-refractivity contribution in [2.75, 3.05) is 19.0 Å². The molecule has 0 unspecified atom stereocenters. The fourth-order valence-corrected chi connectivity index (χ4v) is 5.20. The van der Waals surface area contributed by atoms with Crippen LogP contribution in [0.5, 0.6) is 11.5 Å². The van der Waals surface area contributed by atoms with Gasteiger partial charge in [-0.3, -0.25) is 0 Å². The fraction of sp³-hybridized carbons (Fsp3) is 0.700. The van der Waals surface area contributed by atoms with Gasteiger partial charge in [0.05, 0.1) is 11.0 Å². The van der Waals surface area contributed by atoms with E-state index in [-0.39, 0.29) is 5.25 Å². The molecule has 1 aliphatic carbocycles. The number of hydrogen-bond acceptors (Lipinski definition) is 4. The van der Waals surface area contributed by atoms with Gasteiger partial charge in [0.1, 0.15) is 13.2 Å². The Hall–Kier alpha value is -1.23. The molecule has 1 fully saturated rings. The Bertz CT molecular complexity index is 673. The van der Waals surface area contributed by atoms with Crippen LogP contribution < -0.4 is 9.47 Å². The van der Waals surface area contributed by atoms with Crippen LogP contribution >= 0.6 is 0 Å². The van der Waals surface area contributed by atoms with E-state index in [1.54, 1.807) is 13.8 Å². The Morgan fingerprint density at radius 1 is 1.00 bits per heavy atom. The number of benzene rings is 1. The molecule has 0 amide bonds. The van der Waals surface area contributed by atoms with Crippen molar-refractivity contribution in [3.8, 4) is 11.5 Å². The van der Waals surface area contributed by atoms with E-state index in [9.17, 15) is 8.42 Å². The van der Waals surface area contributed by atoms with Gasteiger partial charge in [-0.2, -0.15) is 0 Å². The minimum absolute atomic E-state index is 0.250. The van der Waals surface area contributed by atoms with Gasteiger partial charge >= 0.3 is 0 Å². The predicted molar refractivity (Wildman–Crippen MR) is 100 cm³/mol. The normalized spacial score (nSPS) is 23.6. The molecular weight excluding hydrogens is 336 g/mol. The molecular formula is C20H30O4S. The summed E-state index contributed by atoms with van der Waals surface area (Å²) in [5, 5.41) is -0.250. The molecule has 0 aromatic heterocycles. The van der Waals surface area contributed by atoms with E-state index >= 15 is 0 Å². The second-order valence-corrected chi connectivity index (χ2v) is 10.4. The number of fused-ring (bicyclic) bond motifs is 1. The first-order valence-corrected chi connectivity index (χ1v) is 11.3. The molecule has 0 radical (unpaired) electrons. The van der Waals surface area contributed by atoms with Gasteiger partial charge in [-0.25, -0.2) is 8.42 Å². The Labute approximate surface area is 151 Å². The quantitative estimate of drug-likeness (QED) is 0.763. The summed E-state index contributed by atoms with van der Waals surface area (Å²) in [6, 6.07) is 6.25. The van der Waals surface area contributed by atoms with Crippen molar-refractivity contribution in [1.29, 1.82) is 0 Å². The molecule has 4 nitrogen and oxygen atoms in total. The van der Waals surface area contributed by atoms with Crippen molar-refractivity contribution in [1.82, 2.24) is 0 Å². The van der Waals surface area contributed by atoms with Crippen LogP contribution in [0.4, 0.5) is 0 Å². The second-order valence-electron chi connectivity index (χ2n) is 7.78. The third kappa shape index (κ3) is 4.90. The van der Waals surface area contributed by atoms with Gasteiger partial charge in [-0.05, 0) is 69.1 Å². The average Bonchev–Trinajstić information content (AvgIpc) is 2.60. The highest BCUT2D eigenvalue weighted by Crippen LogP contribution is 2.35. The molecule has 3 rings (SSSR count). The van der Waals surface area contributed by atoms with Crippen molar-refractivity contribution in [3.63, 3.8) is 0 Å². The van der Waals surface area contributed by atoms with Crippen molar-refractivity contribution in [3.05, 3.63) is 23.8 Å². The van der Waals surface area contributed by atoms with E-state index in [0.29, 0.717) is 30.8 Å². The largest absolute Gasteiger partial charge is 0.486 e. The van der Waals surface area contributed by atoms with E-state index in [0.717, 1.165) is 43.6 Å². The minimum atomic E-state index is -2.91. The second kappa shape index (κ2) is 7.98. The van der Waals surface area contributed by atoms with Crippen molar-refractivity contribution < 1.29 is 17.9 Å². The maximum atomic E-state index is 12.1. The maximum Gasteiger partial charge on any atom is 0.161 e. The lowest BCUT2D eigenvalue weighted by Gasteiger charge is -2.29. The molecule has 1 aliphatic heterocycles. The highest BCUT2D eigenvalue weighted by Gasteiger charge is 2.27. The van der Waals surface area contributed by atoms with E-state index in [1.807, 2.05) is 6.07 Å². The molecule has 1 heterocycles. The minimum Gasteiger partial charge on any atom is -0.486 e. The van der Waals surface area contributed by atoms with Gasteiger partial charge in [0.15, 0.2) is 21.3 Å². The summed E-state index contributed by atoms with van der Waals surface area (Å²) in [7, 11) is -2.91. The van der Waals surface area contributed by atoms with Crippen LogP contribution in [0, 0.1) is 11.8 Å². The van der Waals surface area contributed by atoms with Crippen molar-refractivity contribution >= 4 is 9.84 Å². The SMILES string of the molecule is CC(C)S(=O)(=O)CC1CCC(CCc2ccc3c(c2)OCCO3)CC1. The Morgan fingerprint density at radius 3 is 2.32 bits per heavy atom. The van der Waals surface area contributed by atoms with Gasteiger partial charge in [0.25, 0.3) is 0 Å². The lowest BCUT2D eigenvalue weighted by molar-refractivity contribution is 0.171. The van der Waals surface area contributed by atoms with Crippen LogP contribution in [0.1, 0.15) is 51.5 Å². The molecule has 1 aromatic carbocycles. The summed E-state index contributed by atoms with van der Waals surface area (Å²) < 4.78 is 35.4. The third-order valence-electron chi connectivity index (χ3n) is 5.60. The Kier molecular flexibility index (Phi) is 5.92. The monoisotopic (exact) mass is 366 g/mol. The first-order chi connectivity index (χ1) is 11.9. The van der Waals surface area contributed by atoms with E-state index < -0.39 is 9.84 Å². The highest BCUT2D eigenvalue weighted by molar-refractivity contribution is 7.91. The number of aryl methyl sites for hydroxylation is 1. The Morgan fingerprint density at radius 2 is 1.64 bits per heavy atom. The molecule has 5 heteroatoms. The van der Waals surface area contributed by atoms with Crippen molar-refractivity contribution in [2.45, 2.75) is 57.6 Å². The zero-order chi connectivity index (χ0) is 17.9. The molecule has 0 N–H and O–H groups in total. The zero-order valence-corrected chi connectivity index (χ0v) is 16.2. The Balaban J connectivity index is 1.45. The summed E-state index contributed by atoms with van der Waals surface area (Å²) in [4.78, 5) is 0. The molecule has 0 atom stereocenters. The summed E-state index contributed by atoms with van der Waals surface area (Å²) in [6.45, 7) is 4.82. The molecule has 0 saturated heterocycles. The van der Waals surface area contributed by atoms with Crippen molar-refractivity contribution in [2.24, 2.45) is 11.8 Å².